The highest BCUT2D eigenvalue weighted by Crippen LogP contribution is 2.25. The Labute approximate surface area is 99.4 Å². The molecule has 1 aliphatic heterocycles. The fraction of sp³-hybridized carbons (Fsp3) is 0.923. The van der Waals surface area contributed by atoms with Gasteiger partial charge in [0.2, 0.25) is 5.91 Å². The quantitative estimate of drug-likeness (QED) is 0.753. The molecule has 1 fully saturated rings. The van der Waals surface area contributed by atoms with E-state index in [2.05, 4.69) is 38.3 Å². The Morgan fingerprint density at radius 1 is 1.44 bits per heavy atom. The molecule has 94 valence electrons. The molecule has 16 heavy (non-hydrogen) atoms. The van der Waals surface area contributed by atoms with Crippen molar-refractivity contribution in [1.82, 2.24) is 10.6 Å². The van der Waals surface area contributed by atoms with Gasteiger partial charge in [0, 0.05) is 18.5 Å². The van der Waals surface area contributed by atoms with Gasteiger partial charge in [0.1, 0.15) is 0 Å². The van der Waals surface area contributed by atoms with Crippen LogP contribution in [0.15, 0.2) is 0 Å². The van der Waals surface area contributed by atoms with Crippen LogP contribution in [0.1, 0.15) is 41.0 Å². The van der Waals surface area contributed by atoms with Crippen molar-refractivity contribution < 1.29 is 4.79 Å². The Balaban J connectivity index is 2.50. The topological polar surface area (TPSA) is 41.1 Å². The van der Waals surface area contributed by atoms with Gasteiger partial charge in [-0.2, -0.15) is 0 Å². The number of hydrogen-bond donors (Lipinski definition) is 2. The van der Waals surface area contributed by atoms with E-state index in [0.29, 0.717) is 12.0 Å². The first-order valence-electron chi connectivity index (χ1n) is 6.33. The van der Waals surface area contributed by atoms with Crippen LogP contribution in [0.3, 0.4) is 0 Å². The van der Waals surface area contributed by atoms with Crippen molar-refractivity contribution in [1.29, 1.82) is 0 Å². The van der Waals surface area contributed by atoms with E-state index in [-0.39, 0.29) is 17.2 Å². The Hall–Kier alpha value is -0.570. The van der Waals surface area contributed by atoms with Crippen molar-refractivity contribution >= 4 is 5.91 Å². The number of hydrogen-bond acceptors (Lipinski definition) is 2. The Bertz CT molecular complexity index is 245. The van der Waals surface area contributed by atoms with E-state index in [4.69, 9.17) is 0 Å². The molecule has 2 N–H and O–H groups in total. The highest BCUT2D eigenvalue weighted by atomic mass is 16.2. The van der Waals surface area contributed by atoms with E-state index in [1.54, 1.807) is 0 Å². The van der Waals surface area contributed by atoms with Crippen LogP contribution >= 0.6 is 0 Å². The minimum atomic E-state index is 0.0371. The Kier molecular flexibility index (Phi) is 4.36. The molecule has 1 amide bonds. The maximum Gasteiger partial charge on any atom is 0.223 e. The van der Waals surface area contributed by atoms with E-state index in [0.717, 1.165) is 19.5 Å². The molecular formula is C13H26N2O. The molecule has 3 unspecified atom stereocenters. The minimum absolute atomic E-state index is 0.0371. The Morgan fingerprint density at radius 3 is 2.56 bits per heavy atom. The van der Waals surface area contributed by atoms with Crippen LogP contribution in [-0.2, 0) is 4.79 Å². The van der Waals surface area contributed by atoms with Crippen molar-refractivity contribution in [2.24, 2.45) is 17.3 Å². The standard InChI is InChI=1S/C13H26N2O/c1-9-6-7-14-8-11(9)15-12(16)10(2)13(3,4)5/h9-11,14H,6-8H2,1-5H3,(H,15,16). The molecule has 3 nitrogen and oxygen atoms in total. The second-order valence-corrected chi connectivity index (χ2v) is 6.17. The van der Waals surface area contributed by atoms with Gasteiger partial charge < -0.3 is 10.6 Å². The van der Waals surface area contributed by atoms with Crippen molar-refractivity contribution in [2.75, 3.05) is 13.1 Å². The van der Waals surface area contributed by atoms with E-state index in [1.165, 1.54) is 0 Å². The summed E-state index contributed by atoms with van der Waals surface area (Å²) >= 11 is 0. The zero-order valence-corrected chi connectivity index (χ0v) is 11.3. The largest absolute Gasteiger partial charge is 0.352 e. The summed E-state index contributed by atoms with van der Waals surface area (Å²) in [7, 11) is 0. The summed E-state index contributed by atoms with van der Waals surface area (Å²) < 4.78 is 0. The zero-order valence-electron chi connectivity index (χ0n) is 11.3. The lowest BCUT2D eigenvalue weighted by molar-refractivity contribution is -0.128. The number of carbonyl (C=O) groups excluding carboxylic acids is 1. The van der Waals surface area contributed by atoms with Crippen LogP contribution in [0.4, 0.5) is 0 Å². The second kappa shape index (κ2) is 5.17. The number of piperidine rings is 1. The normalized spacial score (nSPS) is 28.6. The summed E-state index contributed by atoms with van der Waals surface area (Å²) in [4.78, 5) is 12.1. The van der Waals surface area contributed by atoms with Crippen LogP contribution in [0.2, 0.25) is 0 Å². The van der Waals surface area contributed by atoms with Crippen LogP contribution in [-0.4, -0.2) is 25.0 Å². The molecule has 0 aromatic carbocycles. The van der Waals surface area contributed by atoms with Gasteiger partial charge in [-0.15, -0.1) is 0 Å². The molecule has 1 saturated heterocycles. The lowest BCUT2D eigenvalue weighted by Gasteiger charge is -2.33. The maximum atomic E-state index is 12.1. The molecule has 0 aromatic heterocycles. The van der Waals surface area contributed by atoms with Gasteiger partial charge in [-0.1, -0.05) is 34.6 Å². The summed E-state index contributed by atoms with van der Waals surface area (Å²) in [6, 6.07) is 0.297. The second-order valence-electron chi connectivity index (χ2n) is 6.17. The molecule has 1 rings (SSSR count). The predicted octanol–water partition coefficient (Wildman–Crippen LogP) is 1.78. The summed E-state index contributed by atoms with van der Waals surface area (Å²) in [6.07, 6.45) is 1.15. The molecule has 0 aliphatic carbocycles. The fourth-order valence-electron chi connectivity index (χ4n) is 1.88. The van der Waals surface area contributed by atoms with Crippen LogP contribution in [0.5, 0.6) is 0 Å². The van der Waals surface area contributed by atoms with E-state index in [9.17, 15) is 4.79 Å². The van der Waals surface area contributed by atoms with Crippen LogP contribution < -0.4 is 10.6 Å². The van der Waals surface area contributed by atoms with Crippen LogP contribution in [0, 0.1) is 17.3 Å². The third-order valence-corrected chi connectivity index (χ3v) is 3.85. The van der Waals surface area contributed by atoms with Gasteiger partial charge in [0.15, 0.2) is 0 Å². The number of rotatable bonds is 2. The molecule has 0 saturated carbocycles. The third-order valence-electron chi connectivity index (χ3n) is 3.85. The van der Waals surface area contributed by atoms with Gasteiger partial charge in [-0.3, -0.25) is 4.79 Å². The lowest BCUT2D eigenvalue weighted by Crippen LogP contribution is -2.52. The highest BCUT2D eigenvalue weighted by Gasteiger charge is 2.30. The van der Waals surface area contributed by atoms with Gasteiger partial charge >= 0.3 is 0 Å². The fourth-order valence-corrected chi connectivity index (χ4v) is 1.88. The van der Waals surface area contributed by atoms with E-state index >= 15 is 0 Å². The number of carbonyl (C=O) groups is 1. The zero-order chi connectivity index (χ0) is 12.3. The molecule has 0 spiro atoms. The van der Waals surface area contributed by atoms with E-state index in [1.807, 2.05) is 6.92 Å². The van der Waals surface area contributed by atoms with Gasteiger partial charge in [0.05, 0.1) is 0 Å². The third kappa shape index (κ3) is 3.48. The maximum absolute atomic E-state index is 12.1. The monoisotopic (exact) mass is 226 g/mol. The van der Waals surface area contributed by atoms with Gasteiger partial charge in [0.25, 0.3) is 0 Å². The SMILES string of the molecule is CC1CCNCC1NC(=O)C(C)C(C)(C)C. The molecule has 0 aromatic rings. The molecule has 3 heteroatoms. The first kappa shape index (κ1) is 13.5. The van der Waals surface area contributed by atoms with Crippen molar-refractivity contribution in [2.45, 2.75) is 47.1 Å². The minimum Gasteiger partial charge on any atom is -0.352 e. The molecule has 1 heterocycles. The van der Waals surface area contributed by atoms with Gasteiger partial charge in [-0.25, -0.2) is 0 Å². The van der Waals surface area contributed by atoms with Crippen molar-refractivity contribution in [3.63, 3.8) is 0 Å². The first-order valence-corrected chi connectivity index (χ1v) is 6.33. The van der Waals surface area contributed by atoms with Crippen molar-refractivity contribution in [3.8, 4) is 0 Å². The molecule has 3 atom stereocenters. The Morgan fingerprint density at radius 2 is 2.06 bits per heavy atom. The summed E-state index contributed by atoms with van der Waals surface area (Å²) in [5.74, 6) is 0.826. The summed E-state index contributed by atoms with van der Waals surface area (Å²) in [5.41, 5.74) is 0.0371. The van der Waals surface area contributed by atoms with Crippen LogP contribution in [0.25, 0.3) is 0 Å². The number of amides is 1. The van der Waals surface area contributed by atoms with Gasteiger partial charge in [-0.05, 0) is 24.3 Å². The lowest BCUT2D eigenvalue weighted by atomic mass is 9.81. The predicted molar refractivity (Wildman–Crippen MR) is 67.2 cm³/mol. The number of nitrogens with one attached hydrogen (secondary N) is 2. The average molecular weight is 226 g/mol. The van der Waals surface area contributed by atoms with E-state index < -0.39 is 0 Å². The first-order chi connectivity index (χ1) is 7.32. The molecule has 0 bridgehead atoms. The average Bonchev–Trinajstić information content (AvgIpc) is 2.19. The summed E-state index contributed by atoms with van der Waals surface area (Å²) in [5, 5.41) is 6.51. The molecule has 1 aliphatic rings. The smallest absolute Gasteiger partial charge is 0.223 e. The summed E-state index contributed by atoms with van der Waals surface area (Å²) in [6.45, 7) is 12.5. The molecular weight excluding hydrogens is 200 g/mol. The van der Waals surface area contributed by atoms with Crippen molar-refractivity contribution in [3.05, 3.63) is 0 Å². The molecule has 0 radical (unpaired) electrons. The highest BCUT2D eigenvalue weighted by molar-refractivity contribution is 5.79.